The molecule has 0 radical (unpaired) electrons. The summed E-state index contributed by atoms with van der Waals surface area (Å²) in [6.45, 7) is 0. The molecule has 1 unspecified atom stereocenters. The Morgan fingerprint density at radius 1 is 1.42 bits per heavy atom. The van der Waals surface area contributed by atoms with E-state index in [0.717, 1.165) is 0 Å². The number of benzene rings is 1. The molecule has 0 aromatic heterocycles. The Hall–Kier alpha value is -2.16. The van der Waals surface area contributed by atoms with E-state index in [1.807, 2.05) is 0 Å². The van der Waals surface area contributed by atoms with Gasteiger partial charge in [-0.1, -0.05) is 15.9 Å². The first-order valence-electron chi connectivity index (χ1n) is 4.96. The highest BCUT2D eigenvalue weighted by molar-refractivity contribution is 9.10. The Kier molecular flexibility index (Phi) is 4.81. The van der Waals surface area contributed by atoms with Gasteiger partial charge in [0, 0.05) is 10.5 Å². The first-order chi connectivity index (χ1) is 8.81. The average Bonchev–Trinajstić information content (AvgIpc) is 2.26. The lowest BCUT2D eigenvalue weighted by molar-refractivity contribution is -0.384. The van der Waals surface area contributed by atoms with Crippen LogP contribution in [0.1, 0.15) is 6.42 Å². The predicted molar refractivity (Wildman–Crippen MR) is 68.1 cm³/mol. The topological polar surface area (TPSA) is 130 Å². The summed E-state index contributed by atoms with van der Waals surface area (Å²) in [5.41, 5.74) is -0.395. The third kappa shape index (κ3) is 4.21. The van der Waals surface area contributed by atoms with E-state index < -0.39 is 29.3 Å². The molecule has 0 fully saturated rings. The molecule has 0 bridgehead atoms. The van der Waals surface area contributed by atoms with E-state index in [9.17, 15) is 19.7 Å². The first kappa shape index (κ1) is 14.9. The maximum atomic E-state index is 10.9. The second-order valence-electron chi connectivity index (χ2n) is 3.55. The number of halogens is 1. The summed E-state index contributed by atoms with van der Waals surface area (Å²) in [5, 5.41) is 30.6. The fourth-order valence-electron chi connectivity index (χ4n) is 1.35. The van der Waals surface area contributed by atoms with E-state index in [0.29, 0.717) is 4.47 Å². The van der Waals surface area contributed by atoms with Crippen molar-refractivity contribution in [3.63, 3.8) is 0 Å². The van der Waals surface area contributed by atoms with E-state index in [1.165, 1.54) is 18.2 Å². The largest absolute Gasteiger partial charge is 0.481 e. The van der Waals surface area contributed by atoms with Gasteiger partial charge in [-0.05, 0) is 12.1 Å². The van der Waals surface area contributed by atoms with Crippen LogP contribution in [0.5, 0.6) is 0 Å². The number of rotatable bonds is 6. The molecule has 0 saturated heterocycles. The van der Waals surface area contributed by atoms with Crippen LogP contribution < -0.4 is 5.32 Å². The molecule has 0 spiro atoms. The van der Waals surface area contributed by atoms with Gasteiger partial charge >= 0.3 is 11.9 Å². The number of carbonyl (C=O) groups is 2. The lowest BCUT2D eigenvalue weighted by Gasteiger charge is -2.14. The van der Waals surface area contributed by atoms with Gasteiger partial charge in [0.15, 0.2) is 0 Å². The van der Waals surface area contributed by atoms with Gasteiger partial charge in [0.1, 0.15) is 11.7 Å². The number of aliphatic carboxylic acids is 2. The van der Waals surface area contributed by atoms with Gasteiger partial charge in [0.05, 0.1) is 11.3 Å². The molecule has 0 heterocycles. The van der Waals surface area contributed by atoms with Gasteiger partial charge < -0.3 is 15.5 Å². The minimum absolute atomic E-state index is 0.0620. The highest BCUT2D eigenvalue weighted by Crippen LogP contribution is 2.28. The van der Waals surface area contributed by atoms with Gasteiger partial charge in [-0.3, -0.25) is 14.9 Å². The second kappa shape index (κ2) is 6.14. The predicted octanol–water partition coefficient (Wildman–Crippen LogP) is 1.70. The van der Waals surface area contributed by atoms with Crippen molar-refractivity contribution in [2.75, 3.05) is 5.32 Å². The number of hydrogen-bond donors (Lipinski definition) is 3. The Morgan fingerprint density at radius 2 is 2.05 bits per heavy atom. The maximum absolute atomic E-state index is 10.9. The summed E-state index contributed by atoms with van der Waals surface area (Å²) in [4.78, 5) is 31.5. The van der Waals surface area contributed by atoms with E-state index in [1.54, 1.807) is 0 Å². The fraction of sp³-hybridized carbons (Fsp3) is 0.200. The molecule has 19 heavy (non-hydrogen) atoms. The van der Waals surface area contributed by atoms with Crippen molar-refractivity contribution >= 4 is 39.2 Å². The molecule has 102 valence electrons. The number of nitro benzene ring substituents is 1. The summed E-state index contributed by atoms with van der Waals surface area (Å²) < 4.78 is 0.500. The van der Waals surface area contributed by atoms with Crippen molar-refractivity contribution < 1.29 is 24.7 Å². The SMILES string of the molecule is O=C(O)CC(Nc1cc(Br)ccc1[N+](=O)[O-])C(=O)O. The van der Waals surface area contributed by atoms with Crippen LogP contribution in [0.2, 0.25) is 0 Å². The molecular formula is C10H9BrN2O6. The van der Waals surface area contributed by atoms with Gasteiger partial charge in [0.2, 0.25) is 0 Å². The second-order valence-corrected chi connectivity index (χ2v) is 4.47. The summed E-state index contributed by atoms with van der Waals surface area (Å²) in [6.07, 6.45) is -0.695. The lowest BCUT2D eigenvalue weighted by atomic mass is 10.2. The molecule has 1 aromatic rings. The molecule has 0 aliphatic carbocycles. The van der Waals surface area contributed by atoms with Crippen molar-refractivity contribution in [2.45, 2.75) is 12.5 Å². The molecule has 0 aliphatic heterocycles. The summed E-state index contributed by atoms with van der Waals surface area (Å²) in [6, 6.07) is 2.48. The van der Waals surface area contributed by atoms with Crippen molar-refractivity contribution in [3.05, 3.63) is 32.8 Å². The number of carboxylic acids is 2. The summed E-state index contributed by atoms with van der Waals surface area (Å²) >= 11 is 3.10. The van der Waals surface area contributed by atoms with Crippen LogP contribution in [0, 0.1) is 10.1 Å². The molecule has 1 atom stereocenters. The minimum atomic E-state index is -1.45. The number of hydrogen-bond acceptors (Lipinski definition) is 5. The Labute approximate surface area is 115 Å². The highest BCUT2D eigenvalue weighted by Gasteiger charge is 2.24. The van der Waals surface area contributed by atoms with Gasteiger partial charge in [0.25, 0.3) is 5.69 Å². The monoisotopic (exact) mass is 332 g/mol. The van der Waals surface area contributed by atoms with Crippen LogP contribution in [0.15, 0.2) is 22.7 Å². The third-order valence-corrected chi connectivity index (χ3v) is 2.66. The number of nitrogens with one attached hydrogen (secondary N) is 1. The smallest absolute Gasteiger partial charge is 0.326 e. The lowest BCUT2D eigenvalue weighted by Crippen LogP contribution is -2.32. The zero-order chi connectivity index (χ0) is 14.6. The van der Waals surface area contributed by atoms with E-state index in [2.05, 4.69) is 21.2 Å². The standard InChI is InChI=1S/C10H9BrN2O6/c11-5-1-2-8(13(18)19)6(3-5)12-7(10(16)17)4-9(14)15/h1-3,7,12H,4H2,(H,14,15)(H,16,17). The van der Waals surface area contributed by atoms with Crippen LogP contribution in [-0.2, 0) is 9.59 Å². The minimum Gasteiger partial charge on any atom is -0.481 e. The van der Waals surface area contributed by atoms with Crippen molar-refractivity contribution in [1.82, 2.24) is 0 Å². The normalized spacial score (nSPS) is 11.6. The van der Waals surface area contributed by atoms with Gasteiger partial charge in [-0.2, -0.15) is 0 Å². The molecule has 9 heteroatoms. The Bertz CT molecular complexity index is 533. The number of nitrogens with zero attached hydrogens (tertiary/aromatic N) is 1. The van der Waals surface area contributed by atoms with Crippen LogP contribution in [0.3, 0.4) is 0 Å². The van der Waals surface area contributed by atoms with Crippen molar-refractivity contribution in [1.29, 1.82) is 0 Å². The van der Waals surface area contributed by atoms with Crippen molar-refractivity contribution in [3.8, 4) is 0 Å². The summed E-state index contributed by atoms with van der Waals surface area (Å²) in [7, 11) is 0. The Balaban J connectivity index is 3.07. The highest BCUT2D eigenvalue weighted by atomic mass is 79.9. The molecule has 8 nitrogen and oxygen atoms in total. The quantitative estimate of drug-likeness (QED) is 0.533. The Morgan fingerprint density at radius 3 is 2.53 bits per heavy atom. The number of carboxylic acid groups (broad SMARTS) is 2. The molecule has 0 saturated carbocycles. The maximum Gasteiger partial charge on any atom is 0.326 e. The summed E-state index contributed by atoms with van der Waals surface area (Å²) in [5.74, 6) is -2.73. The zero-order valence-electron chi connectivity index (χ0n) is 9.37. The van der Waals surface area contributed by atoms with E-state index in [4.69, 9.17) is 10.2 Å². The zero-order valence-corrected chi connectivity index (χ0v) is 11.0. The fourth-order valence-corrected chi connectivity index (χ4v) is 1.71. The van der Waals surface area contributed by atoms with Crippen LogP contribution >= 0.6 is 15.9 Å². The van der Waals surface area contributed by atoms with Crippen molar-refractivity contribution in [2.24, 2.45) is 0 Å². The third-order valence-electron chi connectivity index (χ3n) is 2.16. The number of anilines is 1. The molecule has 0 aliphatic rings. The van der Waals surface area contributed by atoms with Crippen LogP contribution in [0.4, 0.5) is 11.4 Å². The molecule has 1 aromatic carbocycles. The van der Waals surface area contributed by atoms with E-state index >= 15 is 0 Å². The average molecular weight is 333 g/mol. The van der Waals surface area contributed by atoms with Crippen LogP contribution in [-0.4, -0.2) is 33.1 Å². The molecular weight excluding hydrogens is 324 g/mol. The molecule has 0 amide bonds. The first-order valence-corrected chi connectivity index (χ1v) is 5.75. The molecule has 1 rings (SSSR count). The number of nitro groups is 1. The van der Waals surface area contributed by atoms with Gasteiger partial charge in [-0.15, -0.1) is 0 Å². The molecule has 3 N–H and O–H groups in total. The van der Waals surface area contributed by atoms with Gasteiger partial charge in [-0.25, -0.2) is 4.79 Å². The van der Waals surface area contributed by atoms with E-state index in [-0.39, 0.29) is 11.4 Å². The van der Waals surface area contributed by atoms with Crippen LogP contribution in [0.25, 0.3) is 0 Å².